The van der Waals surface area contributed by atoms with Gasteiger partial charge in [0.25, 0.3) is 11.5 Å². The molecule has 1 N–H and O–H groups in total. The Morgan fingerprint density at radius 1 is 1.07 bits per heavy atom. The molecule has 0 aliphatic carbocycles. The summed E-state index contributed by atoms with van der Waals surface area (Å²) in [4.78, 5) is 32.0. The van der Waals surface area contributed by atoms with E-state index < -0.39 is 11.5 Å². The van der Waals surface area contributed by atoms with Crippen molar-refractivity contribution in [2.75, 3.05) is 18.4 Å². The highest BCUT2D eigenvalue weighted by atomic mass is 16.2. The molecule has 2 aromatic carbocycles. The molecular weight excluding hydrogens is 340 g/mol. The normalized spacial score (nSPS) is 11.1. The Balaban J connectivity index is 1.94. The average molecular weight is 364 g/mol. The molecule has 3 rings (SSSR count). The number of hydrogen-bond donors (Lipinski definition) is 1. The van der Waals surface area contributed by atoms with Crippen molar-refractivity contribution in [1.82, 2.24) is 14.5 Å². The van der Waals surface area contributed by atoms with Crippen LogP contribution >= 0.6 is 0 Å². The molecule has 0 spiro atoms. The lowest BCUT2D eigenvalue weighted by Gasteiger charge is -2.20. The number of rotatable bonds is 6. The Morgan fingerprint density at radius 2 is 1.74 bits per heavy atom. The van der Waals surface area contributed by atoms with Crippen molar-refractivity contribution in [3.63, 3.8) is 0 Å². The molecule has 0 aliphatic heterocycles. The lowest BCUT2D eigenvalue weighted by atomic mass is 10.1. The molecule has 0 unspecified atom stereocenters. The van der Waals surface area contributed by atoms with Gasteiger partial charge in [-0.3, -0.25) is 14.5 Å². The van der Waals surface area contributed by atoms with Crippen molar-refractivity contribution in [1.29, 1.82) is 0 Å². The minimum atomic E-state index is -0.492. The standard InChI is InChI=1S/C21H24N4O2/c1-4-25(5-2)14-15-10-6-7-11-16(15)23-20(26)19-21(27)24(3)18-13-9-8-12-17(18)22-19/h6-13H,4-5,14H2,1-3H3,(H,23,26). The van der Waals surface area contributed by atoms with Gasteiger partial charge in [-0.15, -0.1) is 0 Å². The first kappa shape index (κ1) is 18.8. The molecular formula is C21H24N4O2. The van der Waals surface area contributed by atoms with Crippen LogP contribution in [0.3, 0.4) is 0 Å². The Bertz CT molecular complexity index is 1020. The number of nitrogens with zero attached hydrogens (tertiary/aromatic N) is 3. The van der Waals surface area contributed by atoms with Gasteiger partial charge < -0.3 is 9.88 Å². The van der Waals surface area contributed by atoms with E-state index in [9.17, 15) is 9.59 Å². The summed E-state index contributed by atoms with van der Waals surface area (Å²) in [7, 11) is 1.65. The lowest BCUT2D eigenvalue weighted by Crippen LogP contribution is -2.30. The van der Waals surface area contributed by atoms with Crippen LogP contribution in [-0.4, -0.2) is 33.4 Å². The molecule has 1 heterocycles. The minimum absolute atomic E-state index is 0.103. The molecule has 6 heteroatoms. The summed E-state index contributed by atoms with van der Waals surface area (Å²) in [5.74, 6) is -0.492. The van der Waals surface area contributed by atoms with Crippen molar-refractivity contribution in [2.45, 2.75) is 20.4 Å². The van der Waals surface area contributed by atoms with E-state index in [1.165, 1.54) is 4.57 Å². The van der Waals surface area contributed by atoms with Gasteiger partial charge in [-0.25, -0.2) is 4.98 Å². The largest absolute Gasteiger partial charge is 0.320 e. The Kier molecular flexibility index (Phi) is 5.66. The Hall–Kier alpha value is -2.99. The van der Waals surface area contributed by atoms with Crippen LogP contribution < -0.4 is 10.9 Å². The van der Waals surface area contributed by atoms with Gasteiger partial charge in [-0.1, -0.05) is 44.2 Å². The third-order valence-electron chi connectivity index (χ3n) is 4.75. The van der Waals surface area contributed by atoms with E-state index in [-0.39, 0.29) is 5.69 Å². The highest BCUT2D eigenvalue weighted by molar-refractivity contribution is 6.03. The maximum Gasteiger partial charge on any atom is 0.282 e. The molecule has 140 valence electrons. The maximum atomic E-state index is 12.8. The van der Waals surface area contributed by atoms with Gasteiger partial charge in [-0.05, 0) is 36.9 Å². The van der Waals surface area contributed by atoms with Gasteiger partial charge in [0, 0.05) is 19.3 Å². The first-order valence-electron chi connectivity index (χ1n) is 9.12. The summed E-state index contributed by atoms with van der Waals surface area (Å²) in [6.45, 7) is 6.78. The molecule has 1 aromatic heterocycles. The van der Waals surface area contributed by atoms with E-state index in [4.69, 9.17) is 0 Å². The fourth-order valence-corrected chi connectivity index (χ4v) is 3.08. The van der Waals surface area contributed by atoms with E-state index in [1.54, 1.807) is 13.1 Å². The van der Waals surface area contributed by atoms with Crippen LogP contribution in [0.5, 0.6) is 0 Å². The smallest absolute Gasteiger partial charge is 0.282 e. The van der Waals surface area contributed by atoms with Crippen LogP contribution in [0.4, 0.5) is 5.69 Å². The van der Waals surface area contributed by atoms with Crippen LogP contribution in [0.15, 0.2) is 53.3 Å². The average Bonchev–Trinajstić information content (AvgIpc) is 2.70. The fourth-order valence-electron chi connectivity index (χ4n) is 3.08. The number of aromatic nitrogens is 2. The summed E-state index contributed by atoms with van der Waals surface area (Å²) >= 11 is 0. The summed E-state index contributed by atoms with van der Waals surface area (Å²) in [5, 5.41) is 2.87. The first-order valence-corrected chi connectivity index (χ1v) is 9.12. The number of fused-ring (bicyclic) bond motifs is 1. The lowest BCUT2D eigenvalue weighted by molar-refractivity contribution is 0.102. The molecule has 3 aromatic rings. The number of benzene rings is 2. The molecule has 0 fully saturated rings. The highest BCUT2D eigenvalue weighted by Crippen LogP contribution is 2.18. The Morgan fingerprint density at radius 3 is 2.48 bits per heavy atom. The van der Waals surface area contributed by atoms with Gasteiger partial charge in [-0.2, -0.15) is 0 Å². The fraction of sp³-hybridized carbons (Fsp3) is 0.286. The quantitative estimate of drug-likeness (QED) is 0.730. The number of amides is 1. The van der Waals surface area contributed by atoms with Gasteiger partial charge in [0.2, 0.25) is 0 Å². The van der Waals surface area contributed by atoms with Crippen molar-refractivity contribution >= 4 is 22.6 Å². The van der Waals surface area contributed by atoms with E-state index in [0.29, 0.717) is 16.7 Å². The third-order valence-corrected chi connectivity index (χ3v) is 4.75. The Labute approximate surface area is 158 Å². The van der Waals surface area contributed by atoms with Crippen LogP contribution in [-0.2, 0) is 13.6 Å². The maximum absolute atomic E-state index is 12.8. The molecule has 1 amide bonds. The van der Waals surface area contributed by atoms with Crippen molar-refractivity contribution in [3.8, 4) is 0 Å². The predicted molar refractivity (Wildman–Crippen MR) is 108 cm³/mol. The molecule has 0 saturated heterocycles. The number of aryl methyl sites for hydroxylation is 1. The van der Waals surface area contributed by atoms with E-state index in [1.807, 2.05) is 42.5 Å². The molecule has 0 aliphatic rings. The summed E-state index contributed by atoms with van der Waals surface area (Å²) in [6.07, 6.45) is 0. The topological polar surface area (TPSA) is 67.2 Å². The second kappa shape index (κ2) is 8.14. The molecule has 0 atom stereocenters. The molecule has 0 saturated carbocycles. The van der Waals surface area contributed by atoms with Crippen LogP contribution in [0, 0.1) is 0 Å². The minimum Gasteiger partial charge on any atom is -0.320 e. The number of para-hydroxylation sites is 3. The zero-order valence-electron chi connectivity index (χ0n) is 15.9. The second-order valence-corrected chi connectivity index (χ2v) is 6.39. The number of nitrogens with one attached hydrogen (secondary N) is 1. The SMILES string of the molecule is CCN(CC)Cc1ccccc1NC(=O)c1nc2ccccc2n(C)c1=O. The number of carbonyl (C=O) groups is 1. The van der Waals surface area contributed by atoms with Crippen molar-refractivity contribution in [3.05, 3.63) is 70.1 Å². The molecule has 0 radical (unpaired) electrons. The monoisotopic (exact) mass is 364 g/mol. The summed E-state index contributed by atoms with van der Waals surface area (Å²) in [5.41, 5.74) is 2.50. The molecule has 6 nitrogen and oxygen atoms in total. The molecule has 0 bridgehead atoms. The third kappa shape index (κ3) is 3.90. The number of hydrogen-bond acceptors (Lipinski definition) is 4. The number of anilines is 1. The highest BCUT2D eigenvalue weighted by Gasteiger charge is 2.17. The summed E-state index contributed by atoms with van der Waals surface area (Å²) < 4.78 is 1.46. The zero-order chi connectivity index (χ0) is 19.4. The van der Waals surface area contributed by atoms with Gasteiger partial charge in [0.1, 0.15) is 0 Å². The van der Waals surface area contributed by atoms with Crippen LogP contribution in [0.2, 0.25) is 0 Å². The van der Waals surface area contributed by atoms with E-state index in [0.717, 1.165) is 25.2 Å². The first-order chi connectivity index (χ1) is 13.0. The van der Waals surface area contributed by atoms with Gasteiger partial charge >= 0.3 is 0 Å². The summed E-state index contributed by atoms with van der Waals surface area (Å²) in [6, 6.07) is 14.9. The van der Waals surface area contributed by atoms with E-state index in [2.05, 4.69) is 29.0 Å². The predicted octanol–water partition coefficient (Wildman–Crippen LogP) is 3.03. The van der Waals surface area contributed by atoms with Crippen molar-refractivity contribution in [2.24, 2.45) is 7.05 Å². The van der Waals surface area contributed by atoms with Crippen LogP contribution in [0.1, 0.15) is 29.9 Å². The van der Waals surface area contributed by atoms with Crippen LogP contribution in [0.25, 0.3) is 11.0 Å². The zero-order valence-corrected chi connectivity index (χ0v) is 15.9. The second-order valence-electron chi connectivity index (χ2n) is 6.39. The van der Waals surface area contributed by atoms with Gasteiger partial charge in [0.05, 0.1) is 11.0 Å². The van der Waals surface area contributed by atoms with Gasteiger partial charge in [0.15, 0.2) is 5.69 Å². The molecule has 27 heavy (non-hydrogen) atoms. The number of carbonyl (C=O) groups excluding carboxylic acids is 1. The van der Waals surface area contributed by atoms with Crippen molar-refractivity contribution < 1.29 is 4.79 Å². The van der Waals surface area contributed by atoms with E-state index >= 15 is 0 Å².